The maximum absolute atomic E-state index is 12.1. The van der Waals surface area contributed by atoms with E-state index in [-0.39, 0.29) is 11.4 Å². The molecule has 104 valence electrons. The standard InChI is InChI=1S/C16H24N2O/c1-3-13-5-7-14(8-6-13)12-18(2)15(19)11-16(17)9-4-10-16/h5-8H,3-4,9-12,17H2,1-2H3. The summed E-state index contributed by atoms with van der Waals surface area (Å²) in [5, 5.41) is 0. The van der Waals surface area contributed by atoms with Crippen molar-refractivity contribution in [3.63, 3.8) is 0 Å². The molecule has 2 rings (SSSR count). The average molecular weight is 260 g/mol. The lowest BCUT2D eigenvalue weighted by atomic mass is 9.75. The highest BCUT2D eigenvalue weighted by Gasteiger charge is 2.35. The monoisotopic (exact) mass is 260 g/mol. The molecular formula is C16H24N2O. The SMILES string of the molecule is CCc1ccc(CN(C)C(=O)CC2(N)CCC2)cc1. The first kappa shape index (κ1) is 14.1. The molecule has 2 N–H and O–H groups in total. The summed E-state index contributed by atoms with van der Waals surface area (Å²) in [6, 6.07) is 8.46. The number of aryl methyl sites for hydroxylation is 1. The van der Waals surface area contributed by atoms with Crippen molar-refractivity contribution < 1.29 is 4.79 Å². The van der Waals surface area contributed by atoms with Gasteiger partial charge in [0.05, 0.1) is 0 Å². The minimum atomic E-state index is -0.225. The molecule has 1 aliphatic rings. The molecule has 0 saturated heterocycles. The average Bonchev–Trinajstić information content (AvgIpc) is 2.37. The Morgan fingerprint density at radius 3 is 2.32 bits per heavy atom. The second-order valence-electron chi connectivity index (χ2n) is 5.81. The molecule has 1 aromatic carbocycles. The Labute approximate surface area is 115 Å². The maximum atomic E-state index is 12.1. The third-order valence-electron chi connectivity index (χ3n) is 4.13. The zero-order valence-corrected chi connectivity index (χ0v) is 12.0. The van der Waals surface area contributed by atoms with Crippen LogP contribution in [0.3, 0.4) is 0 Å². The van der Waals surface area contributed by atoms with Crippen LogP contribution in [0.1, 0.15) is 43.7 Å². The van der Waals surface area contributed by atoms with Crippen LogP contribution in [0.15, 0.2) is 24.3 Å². The molecule has 3 heteroatoms. The third-order valence-corrected chi connectivity index (χ3v) is 4.13. The lowest BCUT2D eigenvalue weighted by Gasteiger charge is -2.38. The Morgan fingerprint density at radius 2 is 1.84 bits per heavy atom. The molecule has 0 radical (unpaired) electrons. The van der Waals surface area contributed by atoms with Gasteiger partial charge in [-0.25, -0.2) is 0 Å². The van der Waals surface area contributed by atoms with Crippen LogP contribution >= 0.6 is 0 Å². The lowest BCUT2D eigenvalue weighted by molar-refractivity contribution is -0.132. The number of carbonyl (C=O) groups excluding carboxylic acids is 1. The summed E-state index contributed by atoms with van der Waals surface area (Å²) in [5.41, 5.74) is 8.40. The van der Waals surface area contributed by atoms with Crippen LogP contribution in [0.25, 0.3) is 0 Å². The van der Waals surface area contributed by atoms with Crippen molar-refractivity contribution in [2.45, 2.75) is 51.1 Å². The molecule has 1 aromatic rings. The highest BCUT2D eigenvalue weighted by Crippen LogP contribution is 2.32. The molecule has 1 fully saturated rings. The number of amides is 1. The van der Waals surface area contributed by atoms with E-state index in [1.165, 1.54) is 11.1 Å². The van der Waals surface area contributed by atoms with Crippen LogP contribution in [-0.4, -0.2) is 23.4 Å². The van der Waals surface area contributed by atoms with E-state index >= 15 is 0 Å². The zero-order valence-electron chi connectivity index (χ0n) is 12.0. The molecule has 0 aliphatic heterocycles. The van der Waals surface area contributed by atoms with E-state index < -0.39 is 0 Å². The minimum Gasteiger partial charge on any atom is -0.341 e. The van der Waals surface area contributed by atoms with Gasteiger partial charge in [0.1, 0.15) is 0 Å². The van der Waals surface area contributed by atoms with Gasteiger partial charge in [-0.3, -0.25) is 4.79 Å². The molecule has 0 aromatic heterocycles. The normalized spacial score (nSPS) is 16.8. The Hall–Kier alpha value is -1.35. The Kier molecular flexibility index (Phi) is 4.25. The maximum Gasteiger partial charge on any atom is 0.224 e. The van der Waals surface area contributed by atoms with Crippen LogP contribution in [0.2, 0.25) is 0 Å². The number of nitrogens with zero attached hydrogens (tertiary/aromatic N) is 1. The molecule has 0 spiro atoms. The summed E-state index contributed by atoms with van der Waals surface area (Å²) in [7, 11) is 1.86. The summed E-state index contributed by atoms with van der Waals surface area (Å²) in [6.45, 7) is 2.81. The molecule has 0 unspecified atom stereocenters. The van der Waals surface area contributed by atoms with Gasteiger partial charge >= 0.3 is 0 Å². The molecular weight excluding hydrogens is 236 g/mol. The number of hydrogen-bond acceptors (Lipinski definition) is 2. The first-order valence-electron chi connectivity index (χ1n) is 7.13. The van der Waals surface area contributed by atoms with Crippen molar-refractivity contribution in [1.29, 1.82) is 0 Å². The molecule has 1 amide bonds. The number of rotatable bonds is 5. The third kappa shape index (κ3) is 3.57. The van der Waals surface area contributed by atoms with E-state index in [1.54, 1.807) is 4.90 Å². The van der Waals surface area contributed by atoms with E-state index in [2.05, 4.69) is 31.2 Å². The van der Waals surface area contributed by atoms with E-state index in [0.717, 1.165) is 25.7 Å². The number of nitrogens with two attached hydrogens (primary N) is 1. The summed E-state index contributed by atoms with van der Waals surface area (Å²) < 4.78 is 0. The van der Waals surface area contributed by atoms with Crippen LogP contribution < -0.4 is 5.73 Å². The topological polar surface area (TPSA) is 46.3 Å². The molecule has 1 saturated carbocycles. The van der Waals surface area contributed by atoms with Crippen molar-refractivity contribution in [3.8, 4) is 0 Å². The summed E-state index contributed by atoms with van der Waals surface area (Å²) in [4.78, 5) is 13.9. The fourth-order valence-corrected chi connectivity index (χ4v) is 2.49. The summed E-state index contributed by atoms with van der Waals surface area (Å²) in [6.07, 6.45) is 4.66. The van der Waals surface area contributed by atoms with Gasteiger partial charge in [0, 0.05) is 25.6 Å². The lowest BCUT2D eigenvalue weighted by Crippen LogP contribution is -2.50. The number of carbonyl (C=O) groups is 1. The quantitative estimate of drug-likeness (QED) is 0.884. The molecule has 0 heterocycles. The van der Waals surface area contributed by atoms with E-state index in [9.17, 15) is 4.79 Å². The van der Waals surface area contributed by atoms with E-state index in [1.807, 2.05) is 7.05 Å². The van der Waals surface area contributed by atoms with Gasteiger partial charge in [0.15, 0.2) is 0 Å². The molecule has 0 bridgehead atoms. The highest BCUT2D eigenvalue weighted by atomic mass is 16.2. The van der Waals surface area contributed by atoms with Crippen LogP contribution in [0.4, 0.5) is 0 Å². The number of benzene rings is 1. The van der Waals surface area contributed by atoms with Crippen molar-refractivity contribution in [3.05, 3.63) is 35.4 Å². The Bertz CT molecular complexity index is 435. The fourth-order valence-electron chi connectivity index (χ4n) is 2.49. The van der Waals surface area contributed by atoms with Gasteiger partial charge in [-0.1, -0.05) is 31.2 Å². The second kappa shape index (κ2) is 5.74. The van der Waals surface area contributed by atoms with Gasteiger partial charge in [-0.05, 0) is 36.8 Å². The van der Waals surface area contributed by atoms with Crippen LogP contribution in [0.5, 0.6) is 0 Å². The zero-order chi connectivity index (χ0) is 13.9. The molecule has 19 heavy (non-hydrogen) atoms. The van der Waals surface area contributed by atoms with Gasteiger partial charge in [0.2, 0.25) is 5.91 Å². The van der Waals surface area contributed by atoms with E-state index in [4.69, 9.17) is 5.73 Å². The molecule has 3 nitrogen and oxygen atoms in total. The first-order chi connectivity index (χ1) is 9.02. The van der Waals surface area contributed by atoms with Gasteiger partial charge in [-0.15, -0.1) is 0 Å². The van der Waals surface area contributed by atoms with Gasteiger partial charge in [-0.2, -0.15) is 0 Å². The van der Waals surface area contributed by atoms with Crippen LogP contribution in [-0.2, 0) is 17.8 Å². The molecule has 1 aliphatic carbocycles. The van der Waals surface area contributed by atoms with Crippen LogP contribution in [0, 0.1) is 0 Å². The van der Waals surface area contributed by atoms with Crippen molar-refractivity contribution in [2.24, 2.45) is 5.73 Å². The first-order valence-corrected chi connectivity index (χ1v) is 7.13. The van der Waals surface area contributed by atoms with Crippen molar-refractivity contribution in [2.75, 3.05) is 7.05 Å². The van der Waals surface area contributed by atoms with Crippen molar-refractivity contribution in [1.82, 2.24) is 4.90 Å². The Balaban J connectivity index is 1.88. The fraction of sp³-hybridized carbons (Fsp3) is 0.562. The molecule has 0 atom stereocenters. The summed E-state index contributed by atoms with van der Waals surface area (Å²) in [5.74, 6) is 0.154. The minimum absolute atomic E-state index is 0.154. The largest absolute Gasteiger partial charge is 0.341 e. The Morgan fingerprint density at radius 1 is 1.26 bits per heavy atom. The van der Waals surface area contributed by atoms with E-state index in [0.29, 0.717) is 13.0 Å². The van der Waals surface area contributed by atoms with Crippen molar-refractivity contribution >= 4 is 5.91 Å². The van der Waals surface area contributed by atoms with Gasteiger partial charge < -0.3 is 10.6 Å². The second-order valence-corrected chi connectivity index (χ2v) is 5.81. The predicted molar refractivity (Wildman–Crippen MR) is 77.7 cm³/mol. The van der Waals surface area contributed by atoms with Gasteiger partial charge in [0.25, 0.3) is 0 Å². The highest BCUT2D eigenvalue weighted by molar-refractivity contribution is 5.77. The summed E-state index contributed by atoms with van der Waals surface area (Å²) >= 11 is 0. The smallest absolute Gasteiger partial charge is 0.224 e. The predicted octanol–water partition coefficient (Wildman–Crippen LogP) is 2.48. The number of hydrogen-bond donors (Lipinski definition) is 1.